The number of nitrogens with one attached hydrogen (secondary N) is 1. The van der Waals surface area contributed by atoms with Gasteiger partial charge in [0.1, 0.15) is 11.4 Å². The van der Waals surface area contributed by atoms with E-state index in [0.29, 0.717) is 11.5 Å². The fraction of sp³-hybridized carbons (Fsp3) is 0.615. The first-order chi connectivity index (χ1) is 8.21. The van der Waals surface area contributed by atoms with E-state index >= 15 is 0 Å². The molecule has 0 spiro atoms. The van der Waals surface area contributed by atoms with E-state index in [1.807, 2.05) is 0 Å². The summed E-state index contributed by atoms with van der Waals surface area (Å²) in [5, 5.41) is 12.9. The molecule has 18 heavy (non-hydrogen) atoms. The lowest BCUT2D eigenvalue weighted by Gasteiger charge is -2.22. The van der Waals surface area contributed by atoms with E-state index in [4.69, 9.17) is 4.42 Å². The minimum absolute atomic E-state index is 0.0564. The van der Waals surface area contributed by atoms with E-state index in [9.17, 15) is 9.90 Å². The van der Waals surface area contributed by atoms with Gasteiger partial charge < -0.3 is 14.8 Å². The van der Waals surface area contributed by atoms with Crippen LogP contribution in [0.5, 0.6) is 0 Å². The van der Waals surface area contributed by atoms with E-state index < -0.39 is 5.60 Å². The standard InChI is InChI=1S/C13H21NO3S/c1-12(2,3)18-8-11(15)14-9-13(4,16)10-6-5-7-17-10/h5-7,16H,8-9H2,1-4H3,(H,14,15). The van der Waals surface area contributed by atoms with Gasteiger partial charge in [-0.3, -0.25) is 4.79 Å². The van der Waals surface area contributed by atoms with E-state index in [-0.39, 0.29) is 17.2 Å². The zero-order chi connectivity index (χ0) is 13.8. The minimum atomic E-state index is -1.18. The smallest absolute Gasteiger partial charge is 0.230 e. The molecule has 102 valence electrons. The Balaban J connectivity index is 2.39. The summed E-state index contributed by atoms with van der Waals surface area (Å²) in [6, 6.07) is 3.40. The van der Waals surface area contributed by atoms with Crippen molar-refractivity contribution in [3.8, 4) is 0 Å². The van der Waals surface area contributed by atoms with Crippen LogP contribution in [-0.4, -0.2) is 28.1 Å². The lowest BCUT2D eigenvalue weighted by molar-refractivity contribution is -0.119. The molecule has 0 fully saturated rings. The van der Waals surface area contributed by atoms with Crippen LogP contribution >= 0.6 is 11.8 Å². The maximum Gasteiger partial charge on any atom is 0.230 e. The van der Waals surface area contributed by atoms with Crippen LogP contribution in [0.15, 0.2) is 22.8 Å². The van der Waals surface area contributed by atoms with Crippen LogP contribution in [0.1, 0.15) is 33.5 Å². The van der Waals surface area contributed by atoms with Gasteiger partial charge in [-0.2, -0.15) is 0 Å². The number of furan rings is 1. The summed E-state index contributed by atoms with van der Waals surface area (Å²) in [6.07, 6.45) is 1.50. The topological polar surface area (TPSA) is 62.5 Å². The number of amides is 1. The first kappa shape index (κ1) is 15.1. The van der Waals surface area contributed by atoms with Gasteiger partial charge in [-0.1, -0.05) is 20.8 Å². The predicted octanol–water partition coefficient (Wildman–Crippen LogP) is 2.13. The van der Waals surface area contributed by atoms with Gasteiger partial charge in [0.15, 0.2) is 0 Å². The highest BCUT2D eigenvalue weighted by Crippen LogP contribution is 2.23. The number of thioether (sulfide) groups is 1. The van der Waals surface area contributed by atoms with Gasteiger partial charge >= 0.3 is 0 Å². The second-order valence-electron chi connectivity index (χ2n) is 5.43. The van der Waals surface area contributed by atoms with Crippen molar-refractivity contribution in [2.75, 3.05) is 12.3 Å². The Morgan fingerprint density at radius 1 is 1.44 bits per heavy atom. The van der Waals surface area contributed by atoms with Crippen LogP contribution in [-0.2, 0) is 10.4 Å². The number of carbonyl (C=O) groups is 1. The number of rotatable bonds is 5. The molecule has 1 amide bonds. The second-order valence-corrected chi connectivity index (χ2v) is 7.23. The zero-order valence-corrected chi connectivity index (χ0v) is 12.1. The molecular weight excluding hydrogens is 250 g/mol. The van der Waals surface area contributed by atoms with Gasteiger partial charge in [0.2, 0.25) is 5.91 Å². The molecule has 1 aromatic heterocycles. The Hall–Kier alpha value is -0.940. The molecule has 0 aromatic carbocycles. The molecule has 0 radical (unpaired) electrons. The van der Waals surface area contributed by atoms with Crippen LogP contribution < -0.4 is 5.32 Å². The fourth-order valence-electron chi connectivity index (χ4n) is 1.28. The first-order valence-electron chi connectivity index (χ1n) is 5.88. The summed E-state index contributed by atoms with van der Waals surface area (Å²) in [7, 11) is 0. The average molecular weight is 271 g/mol. The summed E-state index contributed by atoms with van der Waals surface area (Å²) >= 11 is 1.57. The second kappa shape index (κ2) is 5.80. The van der Waals surface area contributed by atoms with Crippen LogP contribution in [0, 0.1) is 0 Å². The third kappa shape index (κ3) is 5.14. The van der Waals surface area contributed by atoms with Gasteiger partial charge in [-0.25, -0.2) is 0 Å². The summed E-state index contributed by atoms with van der Waals surface area (Å²) in [5.41, 5.74) is -1.18. The molecule has 0 saturated carbocycles. The normalized spacial score (nSPS) is 15.2. The van der Waals surface area contributed by atoms with E-state index in [0.717, 1.165) is 0 Å². The Bertz CT molecular complexity index is 379. The van der Waals surface area contributed by atoms with Crippen molar-refractivity contribution in [2.45, 2.75) is 38.0 Å². The fourth-order valence-corrected chi connectivity index (χ4v) is 1.94. The highest BCUT2D eigenvalue weighted by molar-refractivity contribution is 8.01. The monoisotopic (exact) mass is 271 g/mol. The lowest BCUT2D eigenvalue weighted by atomic mass is 10.0. The van der Waals surface area contributed by atoms with Gasteiger partial charge in [0.25, 0.3) is 0 Å². The van der Waals surface area contributed by atoms with Gasteiger partial charge in [-0.05, 0) is 19.1 Å². The Labute approximate surface area is 112 Å². The molecule has 0 bridgehead atoms. The SMILES string of the molecule is CC(C)(C)SCC(=O)NCC(C)(O)c1ccco1. The molecule has 1 unspecified atom stereocenters. The Kier molecular flexibility index (Phi) is 4.87. The van der Waals surface area contributed by atoms with Crippen molar-refractivity contribution in [3.05, 3.63) is 24.2 Å². The van der Waals surface area contributed by atoms with E-state index in [1.54, 1.807) is 30.8 Å². The molecule has 4 nitrogen and oxygen atoms in total. The molecule has 0 saturated heterocycles. The number of hydrogen-bond acceptors (Lipinski definition) is 4. The van der Waals surface area contributed by atoms with Gasteiger partial charge in [0, 0.05) is 4.75 Å². The molecule has 0 aliphatic rings. The average Bonchev–Trinajstić information content (AvgIpc) is 2.76. The summed E-state index contributed by atoms with van der Waals surface area (Å²) < 4.78 is 5.19. The molecule has 5 heteroatoms. The molecule has 1 aromatic rings. The number of hydrogen-bond donors (Lipinski definition) is 2. The Morgan fingerprint density at radius 2 is 2.11 bits per heavy atom. The molecule has 1 atom stereocenters. The molecule has 0 aliphatic carbocycles. The minimum Gasteiger partial charge on any atom is -0.466 e. The number of carbonyl (C=O) groups excluding carboxylic acids is 1. The van der Waals surface area contributed by atoms with Crippen molar-refractivity contribution in [2.24, 2.45) is 0 Å². The van der Waals surface area contributed by atoms with E-state index in [2.05, 4.69) is 26.1 Å². The maximum absolute atomic E-state index is 11.6. The van der Waals surface area contributed by atoms with E-state index in [1.165, 1.54) is 6.26 Å². The van der Waals surface area contributed by atoms with Crippen LogP contribution in [0.25, 0.3) is 0 Å². The molecule has 1 rings (SSSR count). The zero-order valence-electron chi connectivity index (χ0n) is 11.3. The van der Waals surface area contributed by atoms with Crippen molar-refractivity contribution in [1.82, 2.24) is 5.32 Å². The largest absolute Gasteiger partial charge is 0.466 e. The van der Waals surface area contributed by atoms with Crippen LogP contribution in [0.3, 0.4) is 0 Å². The summed E-state index contributed by atoms with van der Waals surface area (Å²) in [6.45, 7) is 7.94. The van der Waals surface area contributed by atoms with Gasteiger partial charge in [0.05, 0.1) is 18.6 Å². The number of aliphatic hydroxyl groups is 1. The predicted molar refractivity (Wildman–Crippen MR) is 73.5 cm³/mol. The maximum atomic E-state index is 11.6. The highest BCUT2D eigenvalue weighted by Gasteiger charge is 2.26. The molecule has 1 heterocycles. The van der Waals surface area contributed by atoms with Crippen LogP contribution in [0.2, 0.25) is 0 Å². The lowest BCUT2D eigenvalue weighted by Crippen LogP contribution is -2.39. The van der Waals surface area contributed by atoms with Crippen molar-refractivity contribution in [1.29, 1.82) is 0 Å². The van der Waals surface area contributed by atoms with Crippen molar-refractivity contribution in [3.63, 3.8) is 0 Å². The quantitative estimate of drug-likeness (QED) is 0.861. The van der Waals surface area contributed by atoms with Crippen molar-refractivity contribution < 1.29 is 14.3 Å². The molecular formula is C13H21NO3S. The summed E-state index contributed by atoms with van der Waals surface area (Å²) in [4.78, 5) is 11.6. The third-order valence-electron chi connectivity index (χ3n) is 2.32. The molecule has 0 aliphatic heterocycles. The highest BCUT2D eigenvalue weighted by atomic mass is 32.2. The molecule has 2 N–H and O–H groups in total. The Morgan fingerprint density at radius 3 is 2.61 bits per heavy atom. The first-order valence-corrected chi connectivity index (χ1v) is 6.86. The third-order valence-corrected chi connectivity index (χ3v) is 3.59. The van der Waals surface area contributed by atoms with Gasteiger partial charge in [-0.15, -0.1) is 11.8 Å². The van der Waals surface area contributed by atoms with Crippen molar-refractivity contribution >= 4 is 17.7 Å². The van der Waals surface area contributed by atoms with Crippen LogP contribution in [0.4, 0.5) is 0 Å². The summed E-state index contributed by atoms with van der Waals surface area (Å²) in [5.74, 6) is 0.755.